The van der Waals surface area contributed by atoms with Crippen molar-refractivity contribution in [3.05, 3.63) is 0 Å². The van der Waals surface area contributed by atoms with Crippen molar-refractivity contribution >= 4 is 18.5 Å². The monoisotopic (exact) mass is 230 g/mol. The standard InChI is InChI=1S/C11H22N2OS/c1-8(2)10(15)11(14)13(3)9-4-6-12-7-5-9/h8-10,12,15H,4-7H2,1-3H3. The third-order valence-electron chi connectivity index (χ3n) is 3.09. The van der Waals surface area contributed by atoms with Crippen LogP contribution in [0.2, 0.25) is 0 Å². The van der Waals surface area contributed by atoms with Gasteiger partial charge >= 0.3 is 0 Å². The molecule has 0 aromatic carbocycles. The number of thiol groups is 1. The highest BCUT2D eigenvalue weighted by atomic mass is 32.1. The summed E-state index contributed by atoms with van der Waals surface area (Å²) < 4.78 is 0. The van der Waals surface area contributed by atoms with Crippen LogP contribution in [0.5, 0.6) is 0 Å². The number of carbonyl (C=O) groups is 1. The van der Waals surface area contributed by atoms with E-state index in [0.29, 0.717) is 12.0 Å². The summed E-state index contributed by atoms with van der Waals surface area (Å²) in [6.07, 6.45) is 2.11. The molecule has 1 atom stereocenters. The van der Waals surface area contributed by atoms with Crippen LogP contribution in [0.1, 0.15) is 26.7 Å². The first-order chi connectivity index (χ1) is 7.04. The molecule has 1 amide bonds. The lowest BCUT2D eigenvalue weighted by molar-refractivity contribution is -0.132. The van der Waals surface area contributed by atoms with Crippen LogP contribution in [-0.4, -0.2) is 42.2 Å². The zero-order chi connectivity index (χ0) is 11.4. The zero-order valence-electron chi connectivity index (χ0n) is 9.86. The van der Waals surface area contributed by atoms with Gasteiger partial charge in [0.2, 0.25) is 5.91 Å². The minimum Gasteiger partial charge on any atom is -0.342 e. The molecule has 1 aliphatic rings. The molecule has 88 valence electrons. The van der Waals surface area contributed by atoms with Crippen LogP contribution in [0.4, 0.5) is 0 Å². The Labute approximate surface area is 98.0 Å². The van der Waals surface area contributed by atoms with E-state index in [1.54, 1.807) is 0 Å². The number of piperidine rings is 1. The molecule has 1 heterocycles. The van der Waals surface area contributed by atoms with E-state index in [1.807, 2.05) is 25.8 Å². The van der Waals surface area contributed by atoms with Crippen LogP contribution in [0, 0.1) is 5.92 Å². The second-order valence-electron chi connectivity index (χ2n) is 4.62. The molecule has 0 saturated carbocycles. The number of rotatable bonds is 3. The van der Waals surface area contributed by atoms with E-state index >= 15 is 0 Å². The van der Waals surface area contributed by atoms with Gasteiger partial charge in [0.05, 0.1) is 5.25 Å². The average molecular weight is 230 g/mol. The first-order valence-electron chi connectivity index (χ1n) is 5.69. The average Bonchev–Trinajstić information content (AvgIpc) is 2.27. The third-order valence-corrected chi connectivity index (χ3v) is 3.91. The van der Waals surface area contributed by atoms with Crippen LogP contribution >= 0.6 is 12.6 Å². The van der Waals surface area contributed by atoms with Gasteiger partial charge in [-0.3, -0.25) is 4.79 Å². The van der Waals surface area contributed by atoms with Gasteiger partial charge in [-0.1, -0.05) is 13.8 Å². The second-order valence-corrected chi connectivity index (χ2v) is 5.18. The summed E-state index contributed by atoms with van der Waals surface area (Å²) in [5.41, 5.74) is 0. The normalized spacial score (nSPS) is 20.3. The van der Waals surface area contributed by atoms with E-state index in [9.17, 15) is 4.79 Å². The number of amides is 1. The fraction of sp³-hybridized carbons (Fsp3) is 0.909. The van der Waals surface area contributed by atoms with Gasteiger partial charge in [0, 0.05) is 13.1 Å². The summed E-state index contributed by atoms with van der Waals surface area (Å²) in [5, 5.41) is 3.14. The quantitative estimate of drug-likeness (QED) is 0.713. The number of carbonyl (C=O) groups excluding carboxylic acids is 1. The first kappa shape index (κ1) is 12.8. The van der Waals surface area contributed by atoms with Crippen LogP contribution < -0.4 is 5.32 Å². The molecule has 3 nitrogen and oxygen atoms in total. The molecule has 1 unspecified atom stereocenters. The Morgan fingerprint density at radius 1 is 1.40 bits per heavy atom. The van der Waals surface area contributed by atoms with Crippen LogP contribution in [0.25, 0.3) is 0 Å². The highest BCUT2D eigenvalue weighted by Gasteiger charge is 2.27. The van der Waals surface area contributed by atoms with Crippen molar-refractivity contribution in [2.45, 2.75) is 38.0 Å². The fourth-order valence-electron chi connectivity index (χ4n) is 1.87. The van der Waals surface area contributed by atoms with Crippen molar-refractivity contribution in [2.75, 3.05) is 20.1 Å². The summed E-state index contributed by atoms with van der Waals surface area (Å²) in [4.78, 5) is 13.9. The van der Waals surface area contributed by atoms with Gasteiger partial charge in [-0.15, -0.1) is 0 Å². The molecule has 1 aliphatic heterocycles. The Bertz CT molecular complexity index is 215. The summed E-state index contributed by atoms with van der Waals surface area (Å²) in [6, 6.07) is 0.396. The van der Waals surface area contributed by atoms with Gasteiger partial charge in [0.25, 0.3) is 0 Å². The van der Waals surface area contributed by atoms with E-state index in [2.05, 4.69) is 17.9 Å². The molecular formula is C11H22N2OS. The van der Waals surface area contributed by atoms with Gasteiger partial charge in [0.15, 0.2) is 0 Å². The van der Waals surface area contributed by atoms with Crippen molar-refractivity contribution < 1.29 is 4.79 Å². The van der Waals surface area contributed by atoms with Crippen LogP contribution in [0.15, 0.2) is 0 Å². The summed E-state index contributed by atoms with van der Waals surface area (Å²) in [6.45, 7) is 6.10. The Kier molecular flexibility index (Phi) is 4.93. The van der Waals surface area contributed by atoms with E-state index in [-0.39, 0.29) is 11.2 Å². The van der Waals surface area contributed by atoms with Crippen LogP contribution in [0.3, 0.4) is 0 Å². The van der Waals surface area contributed by atoms with Gasteiger partial charge in [0.1, 0.15) is 0 Å². The molecule has 0 aromatic heterocycles. The number of hydrogen-bond donors (Lipinski definition) is 2. The molecule has 1 saturated heterocycles. The Morgan fingerprint density at radius 3 is 2.40 bits per heavy atom. The third kappa shape index (κ3) is 3.38. The molecule has 15 heavy (non-hydrogen) atoms. The van der Waals surface area contributed by atoms with Gasteiger partial charge in [-0.05, 0) is 31.8 Å². The summed E-state index contributed by atoms with van der Waals surface area (Å²) >= 11 is 4.37. The van der Waals surface area contributed by atoms with E-state index < -0.39 is 0 Å². The van der Waals surface area contributed by atoms with Crippen molar-refractivity contribution in [1.82, 2.24) is 10.2 Å². The number of nitrogens with zero attached hydrogens (tertiary/aromatic N) is 1. The van der Waals surface area contributed by atoms with Crippen molar-refractivity contribution in [3.8, 4) is 0 Å². The van der Waals surface area contributed by atoms with Crippen molar-refractivity contribution in [1.29, 1.82) is 0 Å². The van der Waals surface area contributed by atoms with E-state index in [4.69, 9.17) is 0 Å². The lowest BCUT2D eigenvalue weighted by Gasteiger charge is -2.33. The van der Waals surface area contributed by atoms with Gasteiger partial charge in [-0.25, -0.2) is 0 Å². The van der Waals surface area contributed by atoms with Gasteiger partial charge < -0.3 is 10.2 Å². The predicted octanol–water partition coefficient (Wildman–Crippen LogP) is 1.15. The second kappa shape index (κ2) is 5.75. The molecule has 0 radical (unpaired) electrons. The van der Waals surface area contributed by atoms with Crippen molar-refractivity contribution in [2.24, 2.45) is 5.92 Å². The zero-order valence-corrected chi connectivity index (χ0v) is 10.8. The maximum Gasteiger partial charge on any atom is 0.235 e. The summed E-state index contributed by atoms with van der Waals surface area (Å²) in [5.74, 6) is 0.463. The number of nitrogens with one attached hydrogen (secondary N) is 1. The maximum absolute atomic E-state index is 12.0. The highest BCUT2D eigenvalue weighted by Crippen LogP contribution is 2.16. The first-order valence-corrected chi connectivity index (χ1v) is 6.21. The predicted molar refractivity (Wildman–Crippen MR) is 66.3 cm³/mol. The molecule has 0 spiro atoms. The maximum atomic E-state index is 12.0. The molecule has 0 aliphatic carbocycles. The van der Waals surface area contributed by atoms with E-state index in [1.165, 1.54) is 0 Å². The Hall–Kier alpha value is -0.220. The minimum atomic E-state index is -0.162. The highest BCUT2D eigenvalue weighted by molar-refractivity contribution is 7.81. The molecule has 1 rings (SSSR count). The van der Waals surface area contributed by atoms with Crippen LogP contribution in [-0.2, 0) is 4.79 Å². The fourth-order valence-corrected chi connectivity index (χ4v) is 2.05. The SMILES string of the molecule is CC(C)C(S)C(=O)N(C)C1CCNCC1. The molecular weight excluding hydrogens is 208 g/mol. The topological polar surface area (TPSA) is 32.3 Å². The smallest absolute Gasteiger partial charge is 0.235 e. The lowest BCUT2D eigenvalue weighted by Crippen LogP contribution is -2.47. The van der Waals surface area contributed by atoms with Gasteiger partial charge in [-0.2, -0.15) is 12.6 Å². The Morgan fingerprint density at radius 2 is 1.93 bits per heavy atom. The largest absolute Gasteiger partial charge is 0.342 e. The van der Waals surface area contributed by atoms with E-state index in [0.717, 1.165) is 25.9 Å². The molecule has 4 heteroatoms. The molecule has 0 bridgehead atoms. The molecule has 1 N–H and O–H groups in total. The lowest BCUT2D eigenvalue weighted by atomic mass is 10.0. The number of hydrogen-bond acceptors (Lipinski definition) is 3. The summed E-state index contributed by atoms with van der Waals surface area (Å²) in [7, 11) is 1.91. The Balaban J connectivity index is 2.50. The molecule has 0 aromatic rings. The minimum absolute atomic E-state index is 0.162. The van der Waals surface area contributed by atoms with Crippen molar-refractivity contribution in [3.63, 3.8) is 0 Å². The molecule has 1 fully saturated rings.